The molecule has 3 N–H and O–H groups in total. The number of hydrogen-bond donors (Lipinski definition) is 2. The lowest BCUT2D eigenvalue weighted by Gasteiger charge is -2.23. The first-order valence-electron chi connectivity index (χ1n) is 5.57. The molecule has 0 aliphatic rings. The van der Waals surface area contributed by atoms with E-state index >= 15 is 0 Å². The van der Waals surface area contributed by atoms with Crippen molar-refractivity contribution in [3.63, 3.8) is 0 Å². The van der Waals surface area contributed by atoms with Crippen molar-refractivity contribution in [1.29, 1.82) is 0 Å². The van der Waals surface area contributed by atoms with Crippen molar-refractivity contribution in [2.45, 2.75) is 19.9 Å². The van der Waals surface area contributed by atoms with Gasteiger partial charge in [-0.25, -0.2) is 0 Å². The van der Waals surface area contributed by atoms with Crippen LogP contribution >= 0.6 is 11.6 Å². The average Bonchev–Trinajstić information content (AvgIpc) is 2.30. The number of nitrogens with two attached hydrogens (primary N) is 1. The molecular weight excluding hydrogens is 224 g/mol. The van der Waals surface area contributed by atoms with Crippen molar-refractivity contribution in [2.75, 3.05) is 24.6 Å². The van der Waals surface area contributed by atoms with Crippen molar-refractivity contribution in [3.05, 3.63) is 28.8 Å². The molecule has 0 aromatic heterocycles. The van der Waals surface area contributed by atoms with Crippen LogP contribution in [0.1, 0.15) is 18.9 Å². The highest BCUT2D eigenvalue weighted by Crippen LogP contribution is 2.23. The van der Waals surface area contributed by atoms with Crippen molar-refractivity contribution in [3.8, 4) is 0 Å². The second-order valence-corrected chi connectivity index (χ2v) is 4.04. The van der Waals surface area contributed by atoms with E-state index in [1.807, 2.05) is 18.2 Å². The van der Waals surface area contributed by atoms with Gasteiger partial charge in [0.2, 0.25) is 0 Å². The Bertz CT molecular complexity index is 331. The van der Waals surface area contributed by atoms with E-state index in [0.717, 1.165) is 30.8 Å². The molecule has 3 nitrogen and oxygen atoms in total. The van der Waals surface area contributed by atoms with Crippen LogP contribution in [0.15, 0.2) is 18.2 Å². The van der Waals surface area contributed by atoms with E-state index in [1.54, 1.807) is 0 Å². The van der Waals surface area contributed by atoms with Crippen LogP contribution in [0.5, 0.6) is 0 Å². The van der Waals surface area contributed by atoms with Gasteiger partial charge in [0.15, 0.2) is 0 Å². The van der Waals surface area contributed by atoms with Crippen LogP contribution in [0, 0.1) is 0 Å². The maximum Gasteiger partial charge on any atom is 0.0471 e. The number of rotatable bonds is 6. The van der Waals surface area contributed by atoms with Gasteiger partial charge in [-0.3, -0.25) is 0 Å². The van der Waals surface area contributed by atoms with Gasteiger partial charge < -0.3 is 15.7 Å². The third-order valence-corrected chi connectivity index (χ3v) is 2.94. The summed E-state index contributed by atoms with van der Waals surface area (Å²) in [6.45, 7) is 4.50. The molecule has 0 aliphatic carbocycles. The SMILES string of the molecule is CCN(CCCO)c1ccc(CN)c(Cl)c1. The van der Waals surface area contributed by atoms with E-state index in [4.69, 9.17) is 22.4 Å². The number of anilines is 1. The molecule has 1 aromatic rings. The van der Waals surface area contributed by atoms with Crippen molar-refractivity contribution >= 4 is 17.3 Å². The zero-order valence-electron chi connectivity index (χ0n) is 9.62. The Morgan fingerprint density at radius 1 is 1.44 bits per heavy atom. The first-order valence-corrected chi connectivity index (χ1v) is 5.95. The normalized spacial score (nSPS) is 10.5. The molecule has 1 rings (SSSR count). The Hall–Kier alpha value is -0.770. The van der Waals surface area contributed by atoms with Crippen molar-refractivity contribution in [1.82, 2.24) is 0 Å². The Labute approximate surface area is 102 Å². The summed E-state index contributed by atoms with van der Waals surface area (Å²) in [7, 11) is 0. The summed E-state index contributed by atoms with van der Waals surface area (Å²) < 4.78 is 0. The quantitative estimate of drug-likeness (QED) is 0.802. The largest absolute Gasteiger partial charge is 0.396 e. The molecule has 0 amide bonds. The van der Waals surface area contributed by atoms with E-state index in [9.17, 15) is 0 Å². The topological polar surface area (TPSA) is 49.5 Å². The predicted molar refractivity (Wildman–Crippen MR) is 68.9 cm³/mol. The van der Waals surface area contributed by atoms with Crippen LogP contribution in [0.25, 0.3) is 0 Å². The highest BCUT2D eigenvalue weighted by molar-refractivity contribution is 6.31. The summed E-state index contributed by atoms with van der Waals surface area (Å²) in [5.74, 6) is 0. The smallest absolute Gasteiger partial charge is 0.0471 e. The predicted octanol–water partition coefficient (Wildman–Crippen LogP) is 2.01. The molecule has 1 aromatic carbocycles. The maximum atomic E-state index is 8.83. The highest BCUT2D eigenvalue weighted by atomic mass is 35.5. The molecular formula is C12H19ClN2O. The van der Waals surface area contributed by atoms with Gasteiger partial charge in [0.25, 0.3) is 0 Å². The fourth-order valence-electron chi connectivity index (χ4n) is 1.63. The highest BCUT2D eigenvalue weighted by Gasteiger charge is 2.06. The molecule has 4 heteroatoms. The molecule has 0 fully saturated rings. The lowest BCUT2D eigenvalue weighted by Crippen LogP contribution is -2.24. The molecule has 0 aliphatic heterocycles. The number of halogens is 1. The molecule has 0 saturated heterocycles. The van der Waals surface area contributed by atoms with Gasteiger partial charge in [-0.1, -0.05) is 17.7 Å². The van der Waals surface area contributed by atoms with Crippen LogP contribution in [-0.2, 0) is 6.54 Å². The average molecular weight is 243 g/mol. The van der Waals surface area contributed by atoms with Gasteiger partial charge in [0.1, 0.15) is 0 Å². The summed E-state index contributed by atoms with van der Waals surface area (Å²) in [6, 6.07) is 5.92. The zero-order chi connectivity index (χ0) is 12.0. The van der Waals surface area contributed by atoms with Gasteiger partial charge >= 0.3 is 0 Å². The number of aliphatic hydroxyl groups is 1. The van der Waals surface area contributed by atoms with Crippen molar-refractivity contribution < 1.29 is 5.11 Å². The van der Waals surface area contributed by atoms with Crippen LogP contribution in [0.2, 0.25) is 5.02 Å². The second kappa shape index (κ2) is 6.74. The Morgan fingerprint density at radius 2 is 2.19 bits per heavy atom. The van der Waals surface area contributed by atoms with Gasteiger partial charge in [-0.15, -0.1) is 0 Å². The summed E-state index contributed by atoms with van der Waals surface area (Å²) in [5.41, 5.74) is 7.60. The third kappa shape index (κ3) is 3.37. The number of aliphatic hydroxyl groups excluding tert-OH is 1. The monoisotopic (exact) mass is 242 g/mol. The van der Waals surface area contributed by atoms with Gasteiger partial charge in [0.05, 0.1) is 0 Å². The summed E-state index contributed by atoms with van der Waals surface area (Å²) in [6.07, 6.45) is 0.768. The van der Waals surface area contributed by atoms with Gasteiger partial charge in [-0.2, -0.15) is 0 Å². The lowest BCUT2D eigenvalue weighted by atomic mass is 10.2. The summed E-state index contributed by atoms with van der Waals surface area (Å²) in [5, 5.41) is 9.54. The summed E-state index contributed by atoms with van der Waals surface area (Å²) in [4.78, 5) is 2.18. The summed E-state index contributed by atoms with van der Waals surface area (Å²) >= 11 is 6.11. The van der Waals surface area contributed by atoms with Crippen LogP contribution in [0.3, 0.4) is 0 Å². The first-order chi connectivity index (χ1) is 7.72. The molecule has 0 atom stereocenters. The Morgan fingerprint density at radius 3 is 2.69 bits per heavy atom. The molecule has 0 spiro atoms. The van der Waals surface area contributed by atoms with Crippen LogP contribution in [0.4, 0.5) is 5.69 Å². The fourth-order valence-corrected chi connectivity index (χ4v) is 1.88. The minimum atomic E-state index is 0.213. The van der Waals surface area contributed by atoms with E-state index in [2.05, 4.69) is 11.8 Å². The second-order valence-electron chi connectivity index (χ2n) is 3.64. The Balaban J connectivity index is 2.80. The number of nitrogens with zero attached hydrogens (tertiary/aromatic N) is 1. The molecule has 0 radical (unpaired) electrons. The van der Waals surface area contributed by atoms with Crippen LogP contribution in [-0.4, -0.2) is 24.8 Å². The van der Waals surface area contributed by atoms with E-state index in [-0.39, 0.29) is 6.61 Å². The van der Waals surface area contributed by atoms with Gasteiger partial charge in [-0.05, 0) is 31.0 Å². The first kappa shape index (κ1) is 13.3. The number of benzene rings is 1. The number of hydrogen-bond acceptors (Lipinski definition) is 3. The minimum absolute atomic E-state index is 0.213. The third-order valence-electron chi connectivity index (χ3n) is 2.59. The van der Waals surface area contributed by atoms with E-state index < -0.39 is 0 Å². The fraction of sp³-hybridized carbons (Fsp3) is 0.500. The Kier molecular flexibility index (Phi) is 5.60. The van der Waals surface area contributed by atoms with E-state index in [0.29, 0.717) is 11.6 Å². The molecule has 16 heavy (non-hydrogen) atoms. The van der Waals surface area contributed by atoms with Gasteiger partial charge in [0, 0.05) is 37.0 Å². The molecule has 0 bridgehead atoms. The minimum Gasteiger partial charge on any atom is -0.396 e. The van der Waals surface area contributed by atoms with Crippen molar-refractivity contribution in [2.24, 2.45) is 5.73 Å². The maximum absolute atomic E-state index is 8.83. The zero-order valence-corrected chi connectivity index (χ0v) is 10.4. The molecule has 0 saturated carbocycles. The standard InChI is InChI=1S/C12H19ClN2O/c1-2-15(6-3-7-16)11-5-4-10(9-14)12(13)8-11/h4-5,8,16H,2-3,6-7,9,14H2,1H3. The van der Waals surface area contributed by atoms with E-state index in [1.165, 1.54) is 0 Å². The molecule has 0 heterocycles. The van der Waals surface area contributed by atoms with Crippen LogP contribution < -0.4 is 10.6 Å². The lowest BCUT2D eigenvalue weighted by molar-refractivity contribution is 0.289. The molecule has 90 valence electrons. The molecule has 0 unspecified atom stereocenters.